The number of hydrogen-bond donors (Lipinski definition) is 1. The van der Waals surface area contributed by atoms with E-state index in [9.17, 15) is 9.32 Å². The molecule has 1 saturated carbocycles. The molecule has 0 radical (unpaired) electrons. The summed E-state index contributed by atoms with van der Waals surface area (Å²) in [6.07, 6.45) is 8.30. The van der Waals surface area contributed by atoms with Crippen LogP contribution in [-0.4, -0.2) is 47.7 Å². The van der Waals surface area contributed by atoms with Gasteiger partial charge >= 0.3 is 0 Å². The largest absolute Gasteiger partial charge is 0.396 e. The van der Waals surface area contributed by atoms with E-state index in [-0.39, 0.29) is 12.0 Å². The fourth-order valence-corrected chi connectivity index (χ4v) is 6.45. The van der Waals surface area contributed by atoms with Gasteiger partial charge in [-0.3, -0.25) is 9.11 Å². The van der Waals surface area contributed by atoms with Crippen molar-refractivity contribution < 1.29 is 9.32 Å². The summed E-state index contributed by atoms with van der Waals surface area (Å²) in [6, 6.07) is 0. The van der Waals surface area contributed by atoms with Gasteiger partial charge in [0.15, 0.2) is 0 Å². The smallest absolute Gasteiger partial charge is 0.129 e. The molecule has 0 bridgehead atoms. The zero-order valence-corrected chi connectivity index (χ0v) is 17.4. The highest BCUT2D eigenvalue weighted by Gasteiger charge is 2.41. The van der Waals surface area contributed by atoms with E-state index in [1.54, 1.807) is 12.4 Å². The van der Waals surface area contributed by atoms with Crippen molar-refractivity contribution in [1.29, 1.82) is 0 Å². The van der Waals surface area contributed by atoms with Gasteiger partial charge in [0.25, 0.3) is 0 Å². The Kier molecular flexibility index (Phi) is 4.82. The van der Waals surface area contributed by atoms with E-state index in [0.29, 0.717) is 5.02 Å². The molecule has 0 aromatic carbocycles. The summed E-state index contributed by atoms with van der Waals surface area (Å²) in [5.74, 6) is 1.55. The lowest BCUT2D eigenvalue weighted by Crippen LogP contribution is -2.38. The maximum absolute atomic E-state index is 12.7. The number of aromatic nitrogens is 3. The molecule has 1 N–H and O–H groups in total. The molecule has 1 unspecified atom stereocenters. The van der Waals surface area contributed by atoms with Crippen molar-refractivity contribution in [2.45, 2.75) is 56.8 Å². The predicted molar refractivity (Wildman–Crippen MR) is 108 cm³/mol. The number of nitrogens with zero attached hydrogens (tertiary/aromatic N) is 4. The average molecular weight is 421 g/mol. The Balaban J connectivity index is 1.36. The quantitative estimate of drug-likeness (QED) is 0.776. The lowest BCUT2D eigenvalue weighted by atomic mass is 9.69. The molecule has 2 aliphatic heterocycles. The molecule has 150 valence electrons. The van der Waals surface area contributed by atoms with Crippen LogP contribution in [0.15, 0.2) is 17.4 Å². The first-order valence-corrected chi connectivity index (χ1v) is 11.7. The summed E-state index contributed by atoms with van der Waals surface area (Å²) in [5, 5.41) is 11.6. The van der Waals surface area contributed by atoms with Crippen LogP contribution in [0.4, 0.5) is 0 Å². The van der Waals surface area contributed by atoms with Gasteiger partial charge in [0, 0.05) is 61.9 Å². The average Bonchev–Trinajstić information content (AvgIpc) is 3.31. The number of aliphatic hydroxyl groups excluding tert-OH is 1. The van der Waals surface area contributed by atoms with Gasteiger partial charge in [0.1, 0.15) is 10.9 Å². The van der Waals surface area contributed by atoms with Gasteiger partial charge in [0.2, 0.25) is 0 Å². The van der Waals surface area contributed by atoms with E-state index in [1.165, 1.54) is 23.2 Å². The molecule has 0 spiro atoms. The van der Waals surface area contributed by atoms with Crippen LogP contribution in [0.2, 0.25) is 5.02 Å². The summed E-state index contributed by atoms with van der Waals surface area (Å²) < 4.78 is 15.0. The normalized spacial score (nSPS) is 22.9. The Morgan fingerprint density at radius 1 is 1.21 bits per heavy atom. The Morgan fingerprint density at radius 3 is 2.68 bits per heavy atom. The Hall–Kier alpha value is -1.28. The monoisotopic (exact) mass is 420 g/mol. The van der Waals surface area contributed by atoms with Crippen molar-refractivity contribution in [3.8, 4) is 0 Å². The van der Waals surface area contributed by atoms with Crippen molar-refractivity contribution in [1.82, 2.24) is 19.4 Å². The van der Waals surface area contributed by atoms with E-state index in [1.807, 2.05) is 0 Å². The van der Waals surface area contributed by atoms with E-state index >= 15 is 0 Å². The van der Waals surface area contributed by atoms with Crippen molar-refractivity contribution in [2.24, 2.45) is 5.41 Å². The summed E-state index contributed by atoms with van der Waals surface area (Å²) in [4.78, 5) is 11.0. The van der Waals surface area contributed by atoms with Gasteiger partial charge in [-0.25, -0.2) is 9.97 Å². The lowest BCUT2D eigenvalue weighted by Gasteiger charge is -2.41. The fraction of sp³-hybridized carbons (Fsp3) is 0.600. The van der Waals surface area contributed by atoms with Crippen LogP contribution in [0.25, 0.3) is 0 Å². The number of halogens is 1. The molecule has 28 heavy (non-hydrogen) atoms. The minimum Gasteiger partial charge on any atom is -0.396 e. The topological polar surface area (TPSA) is 71.2 Å². The molecule has 2 aromatic rings. The highest BCUT2D eigenvalue weighted by molar-refractivity contribution is 7.85. The highest BCUT2D eigenvalue weighted by atomic mass is 35.5. The van der Waals surface area contributed by atoms with E-state index in [4.69, 9.17) is 11.6 Å². The Bertz CT molecular complexity index is 918. The van der Waals surface area contributed by atoms with Crippen LogP contribution in [0.5, 0.6) is 0 Å². The van der Waals surface area contributed by atoms with Crippen LogP contribution < -0.4 is 0 Å². The minimum atomic E-state index is -0.898. The van der Waals surface area contributed by atoms with Crippen LogP contribution in [0, 0.1) is 5.41 Å². The van der Waals surface area contributed by atoms with E-state index < -0.39 is 10.8 Å². The zero-order chi connectivity index (χ0) is 19.3. The number of aliphatic hydroxyl groups is 1. The summed E-state index contributed by atoms with van der Waals surface area (Å²) in [5.41, 5.74) is 3.99. The minimum absolute atomic E-state index is 0.0160. The van der Waals surface area contributed by atoms with Crippen molar-refractivity contribution >= 4 is 22.4 Å². The molecule has 1 atom stereocenters. The summed E-state index contributed by atoms with van der Waals surface area (Å²) in [6.45, 7) is 3.69. The first-order valence-electron chi connectivity index (χ1n) is 10.00. The maximum atomic E-state index is 12.7. The van der Waals surface area contributed by atoms with Gasteiger partial charge in [-0.1, -0.05) is 18.0 Å². The molecular formula is C20H25ClN4O2S. The molecule has 4 heterocycles. The summed E-state index contributed by atoms with van der Waals surface area (Å²) >= 11 is 5.87. The Morgan fingerprint density at radius 2 is 2.00 bits per heavy atom. The van der Waals surface area contributed by atoms with Crippen molar-refractivity contribution in [3.63, 3.8) is 0 Å². The number of fused-ring (bicyclic) bond motifs is 3. The molecule has 1 fully saturated rings. The molecule has 0 amide bonds. The molecule has 3 aliphatic rings. The van der Waals surface area contributed by atoms with Gasteiger partial charge in [0.05, 0.1) is 22.4 Å². The molecule has 8 heteroatoms. The number of hydrogen-bond acceptors (Lipinski definition) is 5. The molecule has 6 nitrogen and oxygen atoms in total. The molecule has 2 aromatic heterocycles. The Labute approximate surface area is 172 Å². The van der Waals surface area contributed by atoms with Crippen molar-refractivity contribution in [2.75, 3.05) is 18.9 Å². The van der Waals surface area contributed by atoms with Gasteiger partial charge in [-0.15, -0.1) is 0 Å². The zero-order valence-electron chi connectivity index (χ0n) is 15.9. The van der Waals surface area contributed by atoms with Gasteiger partial charge in [-0.05, 0) is 30.4 Å². The lowest BCUT2D eigenvalue weighted by molar-refractivity contribution is 0.0246. The molecule has 1 aliphatic carbocycles. The van der Waals surface area contributed by atoms with E-state index in [0.717, 1.165) is 68.5 Å². The molecule has 5 rings (SSSR count). The standard InChI is InChI=1S/C20H25ClN4O2S/c21-14-8-22-18(23-9-14)2-6-24-10-16-15-3-7-28(27)19(15)25(17(16)11-24)12-20(13-26)4-1-5-20/h8-9,26H,1-7,10-13H2. The maximum Gasteiger partial charge on any atom is 0.129 e. The third kappa shape index (κ3) is 3.12. The van der Waals surface area contributed by atoms with Gasteiger partial charge < -0.3 is 9.67 Å². The molecule has 0 saturated heterocycles. The van der Waals surface area contributed by atoms with Gasteiger partial charge in [-0.2, -0.15) is 0 Å². The first-order chi connectivity index (χ1) is 13.6. The second kappa shape index (κ2) is 7.20. The van der Waals surface area contributed by atoms with Crippen LogP contribution in [0.3, 0.4) is 0 Å². The van der Waals surface area contributed by atoms with Crippen molar-refractivity contribution in [3.05, 3.63) is 40.1 Å². The second-order valence-corrected chi connectivity index (χ2v) is 10.3. The first kappa shape index (κ1) is 18.7. The van der Waals surface area contributed by atoms with E-state index in [2.05, 4.69) is 19.4 Å². The third-order valence-electron chi connectivity index (χ3n) is 6.62. The van der Waals surface area contributed by atoms with Crippen LogP contribution in [-0.2, 0) is 43.3 Å². The second-order valence-electron chi connectivity index (χ2n) is 8.38. The third-order valence-corrected chi connectivity index (χ3v) is 8.29. The highest BCUT2D eigenvalue weighted by Crippen LogP contribution is 2.45. The predicted octanol–water partition coefficient (Wildman–Crippen LogP) is 2.32. The molecular weight excluding hydrogens is 396 g/mol. The number of rotatable bonds is 6. The summed E-state index contributed by atoms with van der Waals surface area (Å²) in [7, 11) is -0.898. The van der Waals surface area contributed by atoms with Crippen LogP contribution in [0.1, 0.15) is 41.9 Å². The SMILES string of the molecule is O=S1CCc2c3c(n(CC4(CO)CCC4)c21)CN(CCc1ncc(Cl)cn1)C3. The van der Waals surface area contributed by atoms with Crippen LogP contribution >= 0.6 is 11.6 Å². The fourth-order valence-electron chi connectivity index (χ4n) is 4.85.